The Hall–Kier alpha value is -1.25. The van der Waals surface area contributed by atoms with Crippen LogP contribution in [0.4, 0.5) is 0 Å². The highest BCUT2D eigenvalue weighted by molar-refractivity contribution is 7.89. The maximum absolute atomic E-state index is 12.4. The second-order valence-corrected chi connectivity index (χ2v) is 7.16. The maximum atomic E-state index is 12.4. The highest BCUT2D eigenvalue weighted by atomic mass is 32.2. The summed E-state index contributed by atoms with van der Waals surface area (Å²) in [6.45, 7) is 0.594. The molecule has 1 unspecified atom stereocenters. The lowest BCUT2D eigenvalue weighted by Crippen LogP contribution is -2.48. The summed E-state index contributed by atoms with van der Waals surface area (Å²) in [6, 6.07) is 0. The van der Waals surface area contributed by atoms with Crippen LogP contribution < -0.4 is 0 Å². The molecule has 2 aliphatic rings. The third-order valence-electron chi connectivity index (χ3n) is 3.61. The predicted molar refractivity (Wildman–Crippen MR) is 69.4 cm³/mol. The number of hydrogen-bond acceptors (Lipinski definition) is 5. The maximum Gasteiger partial charge on any atom is 0.262 e. The summed E-state index contributed by atoms with van der Waals surface area (Å²) < 4.78 is 33.2. The number of hydrogen-bond donors (Lipinski definition) is 0. The van der Waals surface area contributed by atoms with Gasteiger partial charge in [0.15, 0.2) is 10.8 Å². The number of sulfonamides is 1. The summed E-state index contributed by atoms with van der Waals surface area (Å²) in [5.41, 5.74) is 0. The summed E-state index contributed by atoms with van der Waals surface area (Å²) in [5, 5.41) is 0.0134. The van der Waals surface area contributed by atoms with Crippen LogP contribution in [-0.2, 0) is 26.6 Å². The number of carbonyl (C=O) groups excluding carboxylic acids is 1. The van der Waals surface area contributed by atoms with Gasteiger partial charge in [-0.1, -0.05) is 0 Å². The first-order valence-corrected chi connectivity index (χ1v) is 8.06. The number of ether oxygens (including phenoxy) is 1. The highest BCUT2D eigenvalue weighted by Crippen LogP contribution is 2.32. The van der Waals surface area contributed by atoms with E-state index in [9.17, 15) is 13.2 Å². The van der Waals surface area contributed by atoms with Crippen molar-refractivity contribution in [1.82, 2.24) is 13.9 Å². The molecule has 1 aliphatic heterocycles. The zero-order chi connectivity index (χ0) is 14.3. The van der Waals surface area contributed by atoms with Crippen molar-refractivity contribution in [3.05, 3.63) is 12.5 Å². The standard InChI is InChI=1S/C12H17N3O4S/c1-14-7-11(13-8-14)20(17,18)15-4-5-19-10(6-15)12(16)9-2-3-9/h7-10H,2-6H2,1H3. The van der Waals surface area contributed by atoms with E-state index in [1.807, 2.05) is 0 Å². The number of morpholine rings is 1. The van der Waals surface area contributed by atoms with E-state index < -0.39 is 16.1 Å². The molecule has 1 saturated heterocycles. The zero-order valence-corrected chi connectivity index (χ0v) is 12.0. The first-order chi connectivity index (χ1) is 9.48. The van der Waals surface area contributed by atoms with Gasteiger partial charge in [0.1, 0.15) is 6.10 Å². The second-order valence-electron chi connectivity index (χ2n) is 5.28. The topological polar surface area (TPSA) is 81.5 Å². The molecule has 0 radical (unpaired) electrons. The molecule has 0 amide bonds. The van der Waals surface area contributed by atoms with Gasteiger partial charge in [-0.15, -0.1) is 0 Å². The summed E-state index contributed by atoms with van der Waals surface area (Å²) in [5.74, 6) is 0.100. The largest absolute Gasteiger partial charge is 0.368 e. The first kappa shape index (κ1) is 13.7. The van der Waals surface area contributed by atoms with Crippen molar-refractivity contribution in [2.45, 2.75) is 24.0 Å². The third kappa shape index (κ3) is 2.50. The van der Waals surface area contributed by atoms with Crippen molar-refractivity contribution in [3.63, 3.8) is 0 Å². The molecule has 1 saturated carbocycles. The molecule has 110 valence electrons. The summed E-state index contributed by atoms with van der Waals surface area (Å²) in [4.78, 5) is 15.9. The quantitative estimate of drug-likeness (QED) is 0.768. The number of ketones is 1. The molecular formula is C12H17N3O4S. The van der Waals surface area contributed by atoms with Crippen molar-refractivity contribution < 1.29 is 17.9 Å². The summed E-state index contributed by atoms with van der Waals surface area (Å²) >= 11 is 0. The van der Waals surface area contributed by atoms with Gasteiger partial charge in [0.05, 0.1) is 12.9 Å². The Morgan fingerprint density at radius 2 is 2.20 bits per heavy atom. The van der Waals surface area contributed by atoms with E-state index in [1.165, 1.54) is 16.8 Å². The van der Waals surface area contributed by atoms with Crippen molar-refractivity contribution in [2.75, 3.05) is 19.7 Å². The van der Waals surface area contributed by atoms with E-state index in [0.29, 0.717) is 0 Å². The molecule has 1 atom stereocenters. The molecule has 1 aromatic rings. The Kier molecular flexibility index (Phi) is 3.39. The second kappa shape index (κ2) is 4.94. The van der Waals surface area contributed by atoms with Gasteiger partial charge >= 0.3 is 0 Å². The zero-order valence-electron chi connectivity index (χ0n) is 11.2. The van der Waals surface area contributed by atoms with Gasteiger partial charge in [0, 0.05) is 32.3 Å². The molecule has 20 heavy (non-hydrogen) atoms. The third-order valence-corrected chi connectivity index (χ3v) is 5.36. The number of imidazole rings is 1. The SMILES string of the molecule is Cn1cnc(S(=O)(=O)N2CCOC(C(=O)C3CC3)C2)c1. The van der Waals surface area contributed by atoms with E-state index in [2.05, 4.69) is 4.98 Å². The molecule has 0 N–H and O–H groups in total. The molecule has 0 bridgehead atoms. The lowest BCUT2D eigenvalue weighted by atomic mass is 10.1. The van der Waals surface area contributed by atoms with Crippen LogP contribution in [0, 0.1) is 5.92 Å². The molecule has 0 spiro atoms. The van der Waals surface area contributed by atoms with Crippen molar-refractivity contribution >= 4 is 15.8 Å². The summed E-state index contributed by atoms with van der Waals surface area (Å²) in [6.07, 6.45) is 4.06. The fraction of sp³-hybridized carbons (Fsp3) is 0.667. The monoisotopic (exact) mass is 299 g/mol. The van der Waals surface area contributed by atoms with E-state index in [-0.39, 0.29) is 36.4 Å². The van der Waals surface area contributed by atoms with Crippen LogP contribution in [-0.4, -0.2) is 53.9 Å². The average Bonchev–Trinajstić information content (AvgIpc) is 3.19. The average molecular weight is 299 g/mol. The van der Waals surface area contributed by atoms with Crippen LogP contribution in [0.5, 0.6) is 0 Å². The van der Waals surface area contributed by atoms with Crippen molar-refractivity contribution in [2.24, 2.45) is 13.0 Å². The Morgan fingerprint density at radius 1 is 1.45 bits per heavy atom. The number of rotatable bonds is 4. The molecule has 8 heteroatoms. The Balaban J connectivity index is 1.77. The number of carbonyl (C=O) groups is 1. The Labute approximate surface area is 117 Å². The normalized spacial score (nSPS) is 24.8. The van der Waals surface area contributed by atoms with Crippen LogP contribution in [0.2, 0.25) is 0 Å². The molecular weight excluding hydrogens is 282 g/mol. The minimum atomic E-state index is -3.64. The van der Waals surface area contributed by atoms with Crippen LogP contribution >= 0.6 is 0 Å². The van der Waals surface area contributed by atoms with Crippen LogP contribution in [0.3, 0.4) is 0 Å². The molecule has 1 aromatic heterocycles. The van der Waals surface area contributed by atoms with Crippen LogP contribution in [0.15, 0.2) is 17.6 Å². The van der Waals surface area contributed by atoms with Gasteiger partial charge in [-0.2, -0.15) is 4.31 Å². The predicted octanol–water partition coefficient (Wildman–Crippen LogP) is -0.211. The number of aryl methyl sites for hydroxylation is 1. The van der Waals surface area contributed by atoms with E-state index in [4.69, 9.17) is 4.74 Å². The molecule has 1 aliphatic carbocycles. The van der Waals surface area contributed by atoms with Crippen LogP contribution in [0.25, 0.3) is 0 Å². The van der Waals surface area contributed by atoms with E-state index >= 15 is 0 Å². The Morgan fingerprint density at radius 3 is 2.80 bits per heavy atom. The van der Waals surface area contributed by atoms with Crippen molar-refractivity contribution in [3.8, 4) is 0 Å². The highest BCUT2D eigenvalue weighted by Gasteiger charge is 2.40. The van der Waals surface area contributed by atoms with Gasteiger partial charge in [-0.3, -0.25) is 4.79 Å². The van der Waals surface area contributed by atoms with Crippen molar-refractivity contribution in [1.29, 1.82) is 0 Å². The molecule has 2 heterocycles. The van der Waals surface area contributed by atoms with E-state index in [1.54, 1.807) is 11.6 Å². The first-order valence-electron chi connectivity index (χ1n) is 6.62. The lowest BCUT2D eigenvalue weighted by Gasteiger charge is -2.30. The fourth-order valence-electron chi connectivity index (χ4n) is 2.30. The lowest BCUT2D eigenvalue weighted by molar-refractivity contribution is -0.135. The molecule has 2 fully saturated rings. The molecule has 7 nitrogen and oxygen atoms in total. The van der Waals surface area contributed by atoms with Gasteiger partial charge in [0.2, 0.25) is 0 Å². The number of aromatic nitrogens is 2. The van der Waals surface area contributed by atoms with Gasteiger partial charge in [-0.05, 0) is 12.8 Å². The molecule has 3 rings (SSSR count). The fourth-order valence-corrected chi connectivity index (χ4v) is 3.69. The van der Waals surface area contributed by atoms with Gasteiger partial charge in [-0.25, -0.2) is 13.4 Å². The number of nitrogens with zero attached hydrogens (tertiary/aromatic N) is 3. The Bertz CT molecular complexity index is 620. The molecule has 0 aromatic carbocycles. The van der Waals surface area contributed by atoms with E-state index in [0.717, 1.165) is 12.8 Å². The minimum absolute atomic E-state index is 0.0134. The van der Waals surface area contributed by atoms with Gasteiger partial charge < -0.3 is 9.30 Å². The van der Waals surface area contributed by atoms with Crippen LogP contribution in [0.1, 0.15) is 12.8 Å². The smallest absolute Gasteiger partial charge is 0.262 e. The summed E-state index contributed by atoms with van der Waals surface area (Å²) in [7, 11) is -1.93. The van der Waals surface area contributed by atoms with Gasteiger partial charge in [0.25, 0.3) is 10.0 Å². The minimum Gasteiger partial charge on any atom is -0.368 e. The number of Topliss-reactive ketones (excluding diaryl/α,β-unsaturated/α-hetero) is 1.